The number of carbonyl (C=O) groups is 1. The number of carbonyl (C=O) groups excluding carboxylic acids is 1. The van der Waals surface area contributed by atoms with Crippen LogP contribution in [-0.2, 0) is 11.5 Å². The Morgan fingerprint density at radius 1 is 1.09 bits per heavy atom. The van der Waals surface area contributed by atoms with Crippen molar-refractivity contribution in [3.63, 3.8) is 0 Å². The molecule has 1 fully saturated rings. The fraction of sp³-hybridized carbons (Fsp3) is 0.462. The zero-order chi connectivity index (χ0) is 24.7. The Kier molecular flexibility index (Phi) is 8.30. The van der Waals surface area contributed by atoms with Crippen LogP contribution >= 0.6 is 0 Å². The van der Waals surface area contributed by atoms with E-state index in [-0.39, 0.29) is 6.04 Å². The molecule has 0 bridgehead atoms. The van der Waals surface area contributed by atoms with Crippen LogP contribution in [0.1, 0.15) is 32.1 Å². The summed E-state index contributed by atoms with van der Waals surface area (Å²) in [7, 11) is -1.14. The summed E-state index contributed by atoms with van der Waals surface area (Å²) in [6.45, 7) is 8.06. The van der Waals surface area contributed by atoms with Crippen LogP contribution in [0.2, 0.25) is 25.7 Å². The second kappa shape index (κ2) is 11.6. The Morgan fingerprint density at radius 3 is 2.69 bits per heavy atom. The summed E-state index contributed by atoms with van der Waals surface area (Å²) in [6.07, 6.45) is 10.3. The number of hydrogen-bond donors (Lipinski definition) is 1. The van der Waals surface area contributed by atoms with Gasteiger partial charge in [-0.3, -0.25) is 4.98 Å². The summed E-state index contributed by atoms with van der Waals surface area (Å²) in [5, 5.41) is 7.31. The molecular weight excluding hydrogens is 458 g/mol. The summed E-state index contributed by atoms with van der Waals surface area (Å²) in [4.78, 5) is 21.2. The molecule has 2 aromatic heterocycles. The van der Waals surface area contributed by atoms with Crippen molar-refractivity contribution in [2.45, 2.75) is 70.6 Å². The number of rotatable bonds is 9. The Morgan fingerprint density at radius 2 is 1.89 bits per heavy atom. The number of nitrogens with zero attached hydrogens (tertiary/aromatic N) is 4. The van der Waals surface area contributed by atoms with Crippen molar-refractivity contribution in [3.05, 3.63) is 49.1 Å². The summed E-state index contributed by atoms with van der Waals surface area (Å²) >= 11 is 0. The Labute approximate surface area is 208 Å². The Hall–Kier alpha value is -3.04. The molecule has 0 atom stereocenters. The molecule has 4 rings (SSSR count). The monoisotopic (exact) mass is 493 g/mol. The average Bonchev–Trinajstić information content (AvgIpc) is 3.31. The van der Waals surface area contributed by atoms with E-state index < -0.39 is 14.2 Å². The Bertz CT molecular complexity index is 1120. The first kappa shape index (κ1) is 25.1. The average molecular weight is 494 g/mol. The Balaban J connectivity index is 1.42. The van der Waals surface area contributed by atoms with Gasteiger partial charge in [0.25, 0.3) is 0 Å². The van der Waals surface area contributed by atoms with Gasteiger partial charge in [-0.1, -0.05) is 51.0 Å². The lowest BCUT2D eigenvalue weighted by Gasteiger charge is -2.22. The molecule has 35 heavy (non-hydrogen) atoms. The van der Waals surface area contributed by atoms with Gasteiger partial charge in [-0.15, -0.1) is 0 Å². The lowest BCUT2D eigenvalue weighted by molar-refractivity contribution is 0.0796. The number of ether oxygens (including phenoxy) is 2. The van der Waals surface area contributed by atoms with E-state index in [1.165, 1.54) is 12.7 Å². The molecule has 0 unspecified atom stereocenters. The summed E-state index contributed by atoms with van der Waals surface area (Å²) in [6, 6.07) is 10.8. The number of nitrogens with one attached hydrogen (secondary N) is 1. The molecule has 1 N–H and O–H groups in total. The van der Waals surface area contributed by atoms with Crippen LogP contribution in [0.5, 0.6) is 5.75 Å². The fourth-order valence-electron chi connectivity index (χ4n) is 4.12. The maximum atomic E-state index is 12.4. The second-order valence-corrected chi connectivity index (χ2v) is 15.9. The molecule has 3 aromatic rings. The van der Waals surface area contributed by atoms with E-state index in [0.29, 0.717) is 24.9 Å². The summed E-state index contributed by atoms with van der Waals surface area (Å²) in [5.74, 6) is 1.20. The third kappa shape index (κ3) is 7.47. The molecule has 9 heteroatoms. The highest BCUT2D eigenvalue weighted by Gasteiger charge is 2.17. The van der Waals surface area contributed by atoms with Gasteiger partial charge in [-0.25, -0.2) is 14.5 Å². The molecule has 1 saturated carbocycles. The molecule has 0 aliphatic heterocycles. The summed E-state index contributed by atoms with van der Waals surface area (Å²) < 4.78 is 13.2. The van der Waals surface area contributed by atoms with Crippen LogP contribution in [0.15, 0.2) is 49.1 Å². The van der Waals surface area contributed by atoms with Gasteiger partial charge >= 0.3 is 6.09 Å². The van der Waals surface area contributed by atoms with Gasteiger partial charge in [-0.05, 0) is 42.6 Å². The molecule has 0 spiro atoms. The van der Waals surface area contributed by atoms with Crippen LogP contribution in [-0.4, -0.2) is 46.6 Å². The van der Waals surface area contributed by atoms with Crippen molar-refractivity contribution in [2.24, 2.45) is 0 Å². The first-order valence-corrected chi connectivity index (χ1v) is 16.1. The lowest BCUT2D eigenvalue weighted by atomic mass is 9.96. The molecule has 2 heterocycles. The SMILES string of the molecule is C[Si](C)(C)CCOCn1ncnc1-c1cncc(-c2cccc(OC(=O)NC3CCCCC3)c2)c1. The number of benzene rings is 1. The molecular formula is C26H35N5O3Si. The van der Waals surface area contributed by atoms with Gasteiger partial charge < -0.3 is 14.8 Å². The zero-order valence-corrected chi connectivity index (χ0v) is 21.9. The number of aromatic nitrogens is 4. The first-order valence-electron chi connectivity index (χ1n) is 12.4. The predicted molar refractivity (Wildman–Crippen MR) is 139 cm³/mol. The molecule has 0 radical (unpaired) electrons. The molecule has 1 aliphatic rings. The third-order valence-corrected chi connectivity index (χ3v) is 7.83. The minimum atomic E-state index is -1.14. The van der Waals surface area contributed by atoms with Crippen LogP contribution < -0.4 is 10.1 Å². The molecule has 0 saturated heterocycles. The summed E-state index contributed by atoms with van der Waals surface area (Å²) in [5.41, 5.74) is 2.64. The zero-order valence-electron chi connectivity index (χ0n) is 20.9. The molecule has 8 nitrogen and oxygen atoms in total. The quantitative estimate of drug-likeness (QED) is 0.302. The van der Waals surface area contributed by atoms with Gasteiger partial charge in [0.15, 0.2) is 5.82 Å². The lowest BCUT2D eigenvalue weighted by Crippen LogP contribution is -2.37. The van der Waals surface area contributed by atoms with Gasteiger partial charge in [-0.2, -0.15) is 5.10 Å². The van der Waals surface area contributed by atoms with Crippen molar-refractivity contribution in [1.82, 2.24) is 25.1 Å². The van der Waals surface area contributed by atoms with Crippen molar-refractivity contribution in [2.75, 3.05) is 6.61 Å². The van der Waals surface area contributed by atoms with Crippen molar-refractivity contribution in [3.8, 4) is 28.3 Å². The maximum absolute atomic E-state index is 12.4. The maximum Gasteiger partial charge on any atom is 0.412 e. The van der Waals surface area contributed by atoms with Crippen LogP contribution in [0.3, 0.4) is 0 Å². The van der Waals surface area contributed by atoms with Crippen LogP contribution in [0, 0.1) is 0 Å². The van der Waals surface area contributed by atoms with Crippen molar-refractivity contribution in [1.29, 1.82) is 0 Å². The molecule has 1 amide bonds. The third-order valence-electron chi connectivity index (χ3n) is 6.13. The number of amides is 1. The van der Waals surface area contributed by atoms with E-state index in [9.17, 15) is 4.79 Å². The van der Waals surface area contributed by atoms with E-state index in [1.54, 1.807) is 23.1 Å². The first-order chi connectivity index (χ1) is 16.9. The highest BCUT2D eigenvalue weighted by Crippen LogP contribution is 2.27. The normalized spacial score (nSPS) is 14.6. The van der Waals surface area contributed by atoms with E-state index >= 15 is 0 Å². The number of pyridine rings is 1. The minimum Gasteiger partial charge on any atom is -0.410 e. The van der Waals surface area contributed by atoms with E-state index in [2.05, 4.69) is 40.0 Å². The minimum absolute atomic E-state index is 0.206. The standard InChI is InChI=1S/C26H35N5O3Si/c1-35(2,3)13-12-33-19-31-25(28-18-29-31)22-14-21(16-27-17-22)20-8-7-11-24(15-20)34-26(32)30-23-9-5-4-6-10-23/h7-8,11,14-18,23H,4-6,9-10,12-13,19H2,1-3H3,(H,30,32). The molecule has 1 aliphatic carbocycles. The second-order valence-electron chi connectivity index (χ2n) is 10.3. The van der Waals surface area contributed by atoms with Gasteiger partial charge in [0.2, 0.25) is 0 Å². The molecule has 1 aromatic carbocycles. The number of hydrogen-bond acceptors (Lipinski definition) is 6. The van der Waals surface area contributed by atoms with E-state index in [4.69, 9.17) is 9.47 Å². The predicted octanol–water partition coefficient (Wildman–Crippen LogP) is 5.74. The van der Waals surface area contributed by atoms with Crippen LogP contribution in [0.25, 0.3) is 22.5 Å². The van der Waals surface area contributed by atoms with Crippen molar-refractivity contribution < 1.29 is 14.3 Å². The van der Waals surface area contributed by atoms with E-state index in [0.717, 1.165) is 48.4 Å². The van der Waals surface area contributed by atoms with Gasteiger partial charge in [0.05, 0.1) is 0 Å². The van der Waals surface area contributed by atoms with Gasteiger partial charge in [0, 0.05) is 44.2 Å². The fourth-order valence-corrected chi connectivity index (χ4v) is 4.88. The van der Waals surface area contributed by atoms with Crippen LogP contribution in [0.4, 0.5) is 4.79 Å². The molecule has 186 valence electrons. The van der Waals surface area contributed by atoms with Gasteiger partial charge in [0.1, 0.15) is 18.8 Å². The smallest absolute Gasteiger partial charge is 0.410 e. The van der Waals surface area contributed by atoms with Crippen molar-refractivity contribution >= 4 is 14.2 Å². The van der Waals surface area contributed by atoms with E-state index in [1.807, 2.05) is 24.3 Å². The topological polar surface area (TPSA) is 91.2 Å². The highest BCUT2D eigenvalue weighted by molar-refractivity contribution is 6.76. The largest absolute Gasteiger partial charge is 0.412 e. The highest BCUT2D eigenvalue weighted by atomic mass is 28.3.